The molecule has 0 saturated heterocycles. The maximum absolute atomic E-state index is 12.3. The van der Waals surface area contributed by atoms with E-state index in [1.807, 2.05) is 24.3 Å². The van der Waals surface area contributed by atoms with E-state index in [1.165, 1.54) is 7.11 Å². The van der Waals surface area contributed by atoms with Crippen LogP contribution < -0.4 is 25.5 Å². The molecule has 1 aliphatic rings. The zero-order valence-corrected chi connectivity index (χ0v) is 16.0. The Morgan fingerprint density at radius 2 is 1.83 bits per heavy atom. The molecule has 0 saturated carbocycles. The molecular weight excluding hydrogens is 374 g/mol. The number of carbonyl (C=O) groups excluding carboxylic acids is 2. The minimum Gasteiger partial charge on any atom is -0.496 e. The van der Waals surface area contributed by atoms with Gasteiger partial charge in [-0.25, -0.2) is 10.4 Å². The summed E-state index contributed by atoms with van der Waals surface area (Å²) < 4.78 is 10.4. The normalized spacial score (nSPS) is 15.6. The van der Waals surface area contributed by atoms with Crippen LogP contribution in [0.3, 0.4) is 0 Å². The predicted octanol–water partition coefficient (Wildman–Crippen LogP) is 1.51. The number of guanidine groups is 1. The van der Waals surface area contributed by atoms with Gasteiger partial charge in [0.25, 0.3) is 5.91 Å². The van der Waals surface area contributed by atoms with Crippen molar-refractivity contribution >= 4 is 29.7 Å². The van der Waals surface area contributed by atoms with Crippen molar-refractivity contribution in [3.8, 4) is 11.5 Å². The number of carbonyl (C=O) groups is 2. The smallest absolute Gasteiger partial charge is 0.252 e. The van der Waals surface area contributed by atoms with Crippen molar-refractivity contribution in [3.05, 3.63) is 54.1 Å². The van der Waals surface area contributed by atoms with Crippen LogP contribution in [-0.2, 0) is 9.59 Å². The number of hydrogen-bond donors (Lipinski definition) is 3. The van der Waals surface area contributed by atoms with Gasteiger partial charge in [0.1, 0.15) is 17.5 Å². The van der Waals surface area contributed by atoms with Gasteiger partial charge in [-0.2, -0.15) is 5.10 Å². The van der Waals surface area contributed by atoms with Gasteiger partial charge in [0.05, 0.1) is 32.5 Å². The summed E-state index contributed by atoms with van der Waals surface area (Å²) in [6.07, 6.45) is 1.44. The minimum absolute atomic E-state index is 0.106. The number of aliphatic imine (C=N–C) groups is 1. The molecule has 0 spiro atoms. The van der Waals surface area contributed by atoms with E-state index in [0.717, 1.165) is 5.56 Å². The lowest BCUT2D eigenvalue weighted by Crippen LogP contribution is -2.35. The fourth-order valence-electron chi connectivity index (χ4n) is 2.70. The summed E-state index contributed by atoms with van der Waals surface area (Å²) in [5.41, 5.74) is 3.96. The molecule has 29 heavy (non-hydrogen) atoms. The Hall–Kier alpha value is -3.88. The van der Waals surface area contributed by atoms with Crippen LogP contribution in [0.5, 0.6) is 11.5 Å². The summed E-state index contributed by atoms with van der Waals surface area (Å²) in [7, 11) is 3.09. The molecule has 150 valence electrons. The van der Waals surface area contributed by atoms with Gasteiger partial charge < -0.3 is 14.8 Å². The largest absolute Gasteiger partial charge is 0.496 e. The Labute approximate surface area is 167 Å². The van der Waals surface area contributed by atoms with E-state index >= 15 is 0 Å². The Kier molecular flexibility index (Phi) is 6.41. The molecule has 0 bridgehead atoms. The fourth-order valence-corrected chi connectivity index (χ4v) is 2.70. The maximum atomic E-state index is 12.3. The first-order valence-electron chi connectivity index (χ1n) is 8.84. The number of anilines is 1. The van der Waals surface area contributed by atoms with Crippen molar-refractivity contribution in [3.63, 3.8) is 0 Å². The zero-order valence-electron chi connectivity index (χ0n) is 16.0. The van der Waals surface area contributed by atoms with Crippen molar-refractivity contribution in [2.75, 3.05) is 19.5 Å². The van der Waals surface area contributed by atoms with E-state index in [1.54, 1.807) is 37.6 Å². The molecule has 1 atom stereocenters. The number of rotatable bonds is 7. The second-order valence-corrected chi connectivity index (χ2v) is 6.05. The number of nitrogens with one attached hydrogen (secondary N) is 3. The molecule has 2 amide bonds. The van der Waals surface area contributed by atoms with Crippen LogP contribution in [0.1, 0.15) is 12.0 Å². The van der Waals surface area contributed by atoms with Crippen molar-refractivity contribution in [2.45, 2.75) is 12.5 Å². The van der Waals surface area contributed by atoms with Gasteiger partial charge in [-0.15, -0.1) is 0 Å². The topological polar surface area (TPSA) is 113 Å². The molecule has 3 rings (SSSR count). The number of methoxy groups -OCH3 is 2. The van der Waals surface area contributed by atoms with Crippen LogP contribution in [0.2, 0.25) is 0 Å². The van der Waals surface area contributed by atoms with Gasteiger partial charge in [0.15, 0.2) is 0 Å². The third-order valence-electron chi connectivity index (χ3n) is 4.10. The molecule has 0 fully saturated rings. The van der Waals surface area contributed by atoms with Crippen molar-refractivity contribution in [1.29, 1.82) is 0 Å². The third kappa shape index (κ3) is 5.10. The zero-order chi connectivity index (χ0) is 20.6. The number of amides is 2. The standard InChI is InChI=1S/C20H21N5O4/c1-28-16-9-5-3-7-13(16)12-21-25-20-23-15(19(27)24-20)11-18(26)22-14-8-4-6-10-17(14)29-2/h3-10,12,15H,11H2,1-2H3,(H,22,26)(H2,23,24,25,27)/b21-12+. The monoisotopic (exact) mass is 395 g/mol. The van der Waals surface area contributed by atoms with Crippen LogP contribution >= 0.6 is 0 Å². The van der Waals surface area contributed by atoms with Crippen LogP contribution in [0.4, 0.5) is 5.69 Å². The van der Waals surface area contributed by atoms with Crippen LogP contribution in [-0.4, -0.2) is 44.2 Å². The highest BCUT2D eigenvalue weighted by molar-refractivity contribution is 6.07. The van der Waals surface area contributed by atoms with E-state index in [-0.39, 0.29) is 24.2 Å². The fraction of sp³-hybridized carbons (Fsp3) is 0.200. The quantitative estimate of drug-likeness (QED) is 0.486. The molecule has 2 aromatic rings. The summed E-state index contributed by atoms with van der Waals surface area (Å²) >= 11 is 0. The summed E-state index contributed by atoms with van der Waals surface area (Å²) in [6, 6.07) is 13.5. The van der Waals surface area contributed by atoms with Gasteiger partial charge in [-0.3, -0.25) is 14.9 Å². The Bertz CT molecular complexity index is 957. The Balaban J connectivity index is 1.58. The SMILES string of the molecule is COc1ccccc1/C=N/NC1=NC(CC(=O)Nc2ccccc2OC)C(=O)N1. The second-order valence-electron chi connectivity index (χ2n) is 6.05. The first kappa shape index (κ1) is 19.9. The van der Waals surface area contributed by atoms with Crippen LogP contribution in [0, 0.1) is 0 Å². The van der Waals surface area contributed by atoms with Gasteiger partial charge >= 0.3 is 0 Å². The number of para-hydroxylation sites is 3. The first-order valence-corrected chi connectivity index (χ1v) is 8.84. The van der Waals surface area contributed by atoms with E-state index in [2.05, 4.69) is 26.2 Å². The van der Waals surface area contributed by atoms with Gasteiger partial charge in [0, 0.05) is 5.56 Å². The molecule has 0 radical (unpaired) electrons. The summed E-state index contributed by atoms with van der Waals surface area (Å²) in [6.45, 7) is 0. The highest BCUT2D eigenvalue weighted by Gasteiger charge is 2.28. The number of nitrogens with zero attached hydrogens (tertiary/aromatic N) is 2. The molecule has 9 nitrogen and oxygen atoms in total. The predicted molar refractivity (Wildman–Crippen MR) is 109 cm³/mol. The number of hydrogen-bond acceptors (Lipinski definition) is 7. The average Bonchev–Trinajstić information content (AvgIpc) is 3.07. The van der Waals surface area contributed by atoms with E-state index in [9.17, 15) is 9.59 Å². The number of hydrazone groups is 1. The second kappa shape index (κ2) is 9.36. The third-order valence-corrected chi connectivity index (χ3v) is 4.10. The highest BCUT2D eigenvalue weighted by atomic mass is 16.5. The van der Waals surface area contributed by atoms with Crippen LogP contribution in [0.15, 0.2) is 58.6 Å². The molecule has 0 aliphatic carbocycles. The van der Waals surface area contributed by atoms with Gasteiger partial charge in [-0.1, -0.05) is 24.3 Å². The van der Waals surface area contributed by atoms with E-state index in [0.29, 0.717) is 17.2 Å². The molecule has 2 aromatic carbocycles. The lowest BCUT2D eigenvalue weighted by Gasteiger charge is -2.10. The number of benzene rings is 2. The molecule has 1 aliphatic heterocycles. The highest BCUT2D eigenvalue weighted by Crippen LogP contribution is 2.23. The molecule has 1 heterocycles. The average molecular weight is 395 g/mol. The van der Waals surface area contributed by atoms with E-state index < -0.39 is 6.04 Å². The van der Waals surface area contributed by atoms with Gasteiger partial charge in [-0.05, 0) is 24.3 Å². The molecule has 3 N–H and O–H groups in total. The number of ether oxygens (including phenoxy) is 2. The summed E-state index contributed by atoms with van der Waals surface area (Å²) in [4.78, 5) is 28.5. The summed E-state index contributed by atoms with van der Waals surface area (Å²) in [5, 5.41) is 9.34. The van der Waals surface area contributed by atoms with Crippen molar-refractivity contribution < 1.29 is 19.1 Å². The molecule has 1 unspecified atom stereocenters. The Morgan fingerprint density at radius 1 is 1.14 bits per heavy atom. The van der Waals surface area contributed by atoms with Crippen LogP contribution in [0.25, 0.3) is 0 Å². The molecular formula is C20H21N5O4. The van der Waals surface area contributed by atoms with Crippen molar-refractivity contribution in [1.82, 2.24) is 10.7 Å². The molecule has 9 heteroatoms. The first-order chi connectivity index (χ1) is 14.1. The van der Waals surface area contributed by atoms with E-state index in [4.69, 9.17) is 9.47 Å². The lowest BCUT2D eigenvalue weighted by atomic mass is 10.2. The van der Waals surface area contributed by atoms with Crippen molar-refractivity contribution in [2.24, 2.45) is 10.1 Å². The summed E-state index contributed by atoms with van der Waals surface area (Å²) in [5.74, 6) is 0.651. The Morgan fingerprint density at radius 3 is 2.59 bits per heavy atom. The van der Waals surface area contributed by atoms with Gasteiger partial charge in [0.2, 0.25) is 11.9 Å². The molecule has 0 aromatic heterocycles. The lowest BCUT2D eigenvalue weighted by molar-refractivity contribution is -0.123. The minimum atomic E-state index is -0.839. The maximum Gasteiger partial charge on any atom is 0.252 e.